The average molecular weight is 290 g/mol. The second kappa shape index (κ2) is 7.88. The van der Waals surface area contributed by atoms with Crippen LogP contribution in [0.1, 0.15) is 12.2 Å². The predicted octanol–water partition coefficient (Wildman–Crippen LogP) is 0.941. The van der Waals surface area contributed by atoms with E-state index < -0.39 is 0 Å². The van der Waals surface area contributed by atoms with Gasteiger partial charge in [-0.15, -0.1) is 0 Å². The molecule has 0 fully saturated rings. The van der Waals surface area contributed by atoms with E-state index in [1.807, 2.05) is 0 Å². The predicted molar refractivity (Wildman–Crippen MR) is 76.2 cm³/mol. The third-order valence-corrected chi connectivity index (χ3v) is 2.81. The van der Waals surface area contributed by atoms with Crippen molar-refractivity contribution in [2.45, 2.75) is 12.8 Å². The Morgan fingerprint density at radius 3 is 2.71 bits per heavy atom. The Kier molecular flexibility index (Phi) is 5.57. The van der Waals surface area contributed by atoms with Gasteiger partial charge in [0.25, 0.3) is 5.91 Å². The largest absolute Gasteiger partial charge is 0.497 e. The molecule has 2 N–H and O–H groups in total. The van der Waals surface area contributed by atoms with Gasteiger partial charge in [0, 0.05) is 13.0 Å². The average Bonchev–Trinajstić information content (AvgIpc) is 3.03. The number of aromatic nitrogens is 3. The van der Waals surface area contributed by atoms with Crippen molar-refractivity contribution in [1.29, 1.82) is 0 Å². The van der Waals surface area contributed by atoms with Crippen molar-refractivity contribution in [2.24, 2.45) is 0 Å². The van der Waals surface area contributed by atoms with Gasteiger partial charge in [0.05, 0.1) is 7.11 Å². The van der Waals surface area contributed by atoms with E-state index in [2.05, 4.69) is 20.5 Å². The van der Waals surface area contributed by atoms with Gasteiger partial charge in [0.1, 0.15) is 23.7 Å². The number of amides is 1. The van der Waals surface area contributed by atoms with E-state index in [4.69, 9.17) is 9.47 Å². The molecule has 0 atom stereocenters. The molecule has 0 saturated heterocycles. The molecule has 7 nitrogen and oxygen atoms in total. The Hall–Kier alpha value is -2.57. The summed E-state index contributed by atoms with van der Waals surface area (Å²) in [6.07, 6.45) is 3.01. The molecule has 7 heteroatoms. The fourth-order valence-corrected chi connectivity index (χ4v) is 1.71. The summed E-state index contributed by atoms with van der Waals surface area (Å²) in [5, 5.41) is 9.32. The van der Waals surface area contributed by atoms with Crippen LogP contribution in [0, 0.1) is 0 Å². The van der Waals surface area contributed by atoms with Crippen molar-refractivity contribution in [3.63, 3.8) is 0 Å². The minimum atomic E-state index is -0.150. The van der Waals surface area contributed by atoms with Gasteiger partial charge in [-0.1, -0.05) is 0 Å². The standard InChI is InChI=1S/C14H18N4O3/c1-20-11-4-6-12(7-5-11)21-9-14(19)15-8-2-3-13-16-10-17-18-13/h4-7,10H,2-3,8-9H2,1H3,(H,15,19)(H,16,17,18). The van der Waals surface area contributed by atoms with Crippen molar-refractivity contribution < 1.29 is 14.3 Å². The molecule has 0 spiro atoms. The van der Waals surface area contributed by atoms with Crippen LogP contribution in [0.5, 0.6) is 11.5 Å². The van der Waals surface area contributed by atoms with E-state index in [0.717, 1.165) is 24.4 Å². The Labute approximate surface area is 122 Å². The molecule has 0 unspecified atom stereocenters. The number of ether oxygens (including phenoxy) is 2. The Balaban J connectivity index is 1.60. The lowest BCUT2D eigenvalue weighted by Gasteiger charge is -2.07. The Bertz CT molecular complexity index is 540. The van der Waals surface area contributed by atoms with E-state index in [1.54, 1.807) is 31.4 Å². The molecule has 0 radical (unpaired) electrons. The molecular formula is C14H18N4O3. The van der Waals surface area contributed by atoms with Crippen molar-refractivity contribution in [1.82, 2.24) is 20.5 Å². The van der Waals surface area contributed by atoms with E-state index in [9.17, 15) is 4.79 Å². The minimum absolute atomic E-state index is 0.00532. The maximum Gasteiger partial charge on any atom is 0.257 e. The molecule has 0 aliphatic heterocycles. The highest BCUT2D eigenvalue weighted by atomic mass is 16.5. The second-order valence-electron chi connectivity index (χ2n) is 4.35. The second-order valence-corrected chi connectivity index (χ2v) is 4.35. The van der Waals surface area contributed by atoms with E-state index in [1.165, 1.54) is 6.33 Å². The molecule has 1 amide bonds. The number of hydrogen-bond donors (Lipinski definition) is 2. The molecular weight excluding hydrogens is 272 g/mol. The van der Waals surface area contributed by atoms with Gasteiger partial charge in [-0.2, -0.15) is 5.10 Å². The molecule has 112 valence electrons. The first-order valence-electron chi connectivity index (χ1n) is 6.65. The van der Waals surface area contributed by atoms with E-state index in [-0.39, 0.29) is 12.5 Å². The first-order valence-corrected chi connectivity index (χ1v) is 6.65. The fourth-order valence-electron chi connectivity index (χ4n) is 1.71. The topological polar surface area (TPSA) is 89.1 Å². The number of H-pyrrole nitrogens is 1. The summed E-state index contributed by atoms with van der Waals surface area (Å²) in [6.45, 7) is 0.570. The molecule has 1 aromatic carbocycles. The van der Waals surface area contributed by atoms with Crippen LogP contribution in [0.3, 0.4) is 0 Å². The maximum atomic E-state index is 11.6. The van der Waals surface area contributed by atoms with Crippen molar-refractivity contribution in [3.05, 3.63) is 36.4 Å². The molecule has 2 rings (SSSR count). The van der Waals surface area contributed by atoms with Crippen LogP contribution in [-0.2, 0) is 11.2 Å². The van der Waals surface area contributed by atoms with Gasteiger partial charge in [-0.05, 0) is 30.7 Å². The zero-order valence-electron chi connectivity index (χ0n) is 11.8. The third kappa shape index (κ3) is 5.13. The lowest BCUT2D eigenvalue weighted by Crippen LogP contribution is -2.29. The third-order valence-electron chi connectivity index (χ3n) is 2.81. The van der Waals surface area contributed by atoms with Gasteiger partial charge in [0.15, 0.2) is 6.61 Å². The van der Waals surface area contributed by atoms with Crippen LogP contribution in [0.4, 0.5) is 0 Å². The number of aromatic amines is 1. The lowest BCUT2D eigenvalue weighted by molar-refractivity contribution is -0.123. The normalized spacial score (nSPS) is 10.1. The number of methoxy groups -OCH3 is 1. The van der Waals surface area contributed by atoms with Crippen molar-refractivity contribution in [2.75, 3.05) is 20.3 Å². The SMILES string of the molecule is COc1ccc(OCC(=O)NCCCc2ncn[nH]2)cc1. The lowest BCUT2D eigenvalue weighted by atomic mass is 10.3. The molecule has 1 aromatic heterocycles. The zero-order chi connectivity index (χ0) is 14.9. The summed E-state index contributed by atoms with van der Waals surface area (Å²) in [7, 11) is 1.60. The quantitative estimate of drug-likeness (QED) is 0.706. The molecule has 0 saturated carbocycles. The molecule has 21 heavy (non-hydrogen) atoms. The van der Waals surface area contributed by atoms with Crippen molar-refractivity contribution >= 4 is 5.91 Å². The first-order chi connectivity index (χ1) is 10.3. The number of carbonyl (C=O) groups excluding carboxylic acids is 1. The number of benzene rings is 1. The molecule has 2 aromatic rings. The molecule has 0 aliphatic carbocycles. The Morgan fingerprint density at radius 2 is 2.05 bits per heavy atom. The molecule has 0 aliphatic rings. The smallest absolute Gasteiger partial charge is 0.257 e. The van der Waals surface area contributed by atoms with Crippen LogP contribution in [-0.4, -0.2) is 41.3 Å². The number of carbonyl (C=O) groups is 1. The van der Waals surface area contributed by atoms with Crippen LogP contribution in [0.25, 0.3) is 0 Å². The number of nitrogens with one attached hydrogen (secondary N) is 2. The highest BCUT2D eigenvalue weighted by Gasteiger charge is 2.03. The highest BCUT2D eigenvalue weighted by Crippen LogP contribution is 2.16. The van der Waals surface area contributed by atoms with Crippen LogP contribution >= 0.6 is 0 Å². The minimum Gasteiger partial charge on any atom is -0.497 e. The molecule has 1 heterocycles. The van der Waals surface area contributed by atoms with Crippen molar-refractivity contribution in [3.8, 4) is 11.5 Å². The Morgan fingerprint density at radius 1 is 1.29 bits per heavy atom. The summed E-state index contributed by atoms with van der Waals surface area (Å²) >= 11 is 0. The zero-order valence-corrected chi connectivity index (χ0v) is 11.8. The molecule has 0 bridgehead atoms. The summed E-state index contributed by atoms with van der Waals surface area (Å²) in [5.41, 5.74) is 0. The highest BCUT2D eigenvalue weighted by molar-refractivity contribution is 5.77. The fraction of sp³-hybridized carbons (Fsp3) is 0.357. The summed E-state index contributed by atoms with van der Waals surface area (Å²) < 4.78 is 10.4. The van der Waals surface area contributed by atoms with Gasteiger partial charge < -0.3 is 14.8 Å². The number of hydrogen-bond acceptors (Lipinski definition) is 5. The van der Waals surface area contributed by atoms with Gasteiger partial charge in [-0.25, -0.2) is 4.98 Å². The summed E-state index contributed by atoms with van der Waals surface area (Å²) in [5.74, 6) is 2.05. The summed E-state index contributed by atoms with van der Waals surface area (Å²) in [6, 6.07) is 7.08. The number of nitrogens with zero attached hydrogens (tertiary/aromatic N) is 2. The van der Waals surface area contributed by atoms with Crippen LogP contribution in [0.2, 0.25) is 0 Å². The van der Waals surface area contributed by atoms with E-state index >= 15 is 0 Å². The number of aryl methyl sites for hydroxylation is 1. The van der Waals surface area contributed by atoms with Gasteiger partial charge >= 0.3 is 0 Å². The number of rotatable bonds is 8. The van der Waals surface area contributed by atoms with E-state index in [0.29, 0.717) is 12.3 Å². The first kappa shape index (κ1) is 14.8. The van der Waals surface area contributed by atoms with Gasteiger partial charge in [0.2, 0.25) is 0 Å². The maximum absolute atomic E-state index is 11.6. The van der Waals surface area contributed by atoms with Crippen LogP contribution in [0.15, 0.2) is 30.6 Å². The van der Waals surface area contributed by atoms with Gasteiger partial charge in [-0.3, -0.25) is 9.89 Å². The van der Waals surface area contributed by atoms with Crippen LogP contribution < -0.4 is 14.8 Å². The summed E-state index contributed by atoms with van der Waals surface area (Å²) in [4.78, 5) is 15.6. The monoisotopic (exact) mass is 290 g/mol.